The number of amides is 2. The number of aliphatic hydroxyl groups is 1. The maximum absolute atomic E-state index is 11.9. The number of anilines is 1. The Balaban J connectivity index is 1.86. The van der Waals surface area contributed by atoms with Crippen LogP contribution in [-0.4, -0.2) is 29.4 Å². The second-order valence-electron chi connectivity index (χ2n) is 6.20. The zero-order valence-corrected chi connectivity index (χ0v) is 13.4. The molecule has 0 bridgehead atoms. The Morgan fingerprint density at radius 1 is 1.32 bits per heavy atom. The molecule has 0 spiro atoms. The van der Waals surface area contributed by atoms with Crippen molar-refractivity contribution in [1.82, 2.24) is 5.32 Å². The fourth-order valence-electron chi connectivity index (χ4n) is 2.49. The Bertz CT molecular complexity index is 477. The highest BCUT2D eigenvalue weighted by Gasteiger charge is 2.23. The highest BCUT2D eigenvalue weighted by molar-refractivity contribution is 5.89. The molecule has 2 rings (SSSR count). The smallest absolute Gasteiger partial charge is 0.319 e. The van der Waals surface area contributed by atoms with Gasteiger partial charge in [-0.05, 0) is 63.3 Å². The summed E-state index contributed by atoms with van der Waals surface area (Å²) < 4.78 is 5.89. The van der Waals surface area contributed by atoms with Crippen molar-refractivity contribution in [1.29, 1.82) is 0 Å². The maximum atomic E-state index is 11.9. The molecular weight excluding hydrogens is 280 g/mol. The first-order chi connectivity index (χ1) is 10.5. The fraction of sp³-hybridized carbons (Fsp3) is 0.588. The van der Waals surface area contributed by atoms with Gasteiger partial charge in [-0.1, -0.05) is 6.92 Å². The fourth-order valence-corrected chi connectivity index (χ4v) is 2.49. The lowest BCUT2D eigenvalue weighted by molar-refractivity contribution is 0.172. The summed E-state index contributed by atoms with van der Waals surface area (Å²) >= 11 is 0. The van der Waals surface area contributed by atoms with Crippen molar-refractivity contribution in [3.63, 3.8) is 0 Å². The molecule has 0 aliphatic heterocycles. The molecule has 1 aromatic rings. The standard InChI is InChI=1S/C17H26N2O3/c1-3-17(2,12-20)19-16(21)18-13-8-10-15(11-9-13)22-14-6-4-5-7-14/h8-11,14,20H,3-7,12H2,1-2H3,(H2,18,19,21). The van der Waals surface area contributed by atoms with E-state index in [9.17, 15) is 9.90 Å². The van der Waals surface area contributed by atoms with Crippen molar-refractivity contribution in [3.05, 3.63) is 24.3 Å². The normalized spacial score (nSPS) is 17.8. The number of ether oxygens (including phenoxy) is 1. The molecule has 2 amide bonds. The lowest BCUT2D eigenvalue weighted by atomic mass is 10.0. The van der Waals surface area contributed by atoms with Crippen LogP contribution in [0.25, 0.3) is 0 Å². The molecule has 1 aromatic carbocycles. The van der Waals surface area contributed by atoms with Crippen LogP contribution in [0.4, 0.5) is 10.5 Å². The van der Waals surface area contributed by atoms with E-state index in [1.807, 2.05) is 38.1 Å². The average molecular weight is 306 g/mol. The van der Waals surface area contributed by atoms with Gasteiger partial charge in [0.25, 0.3) is 0 Å². The Hall–Kier alpha value is -1.75. The maximum Gasteiger partial charge on any atom is 0.319 e. The Labute approximate surface area is 132 Å². The molecular formula is C17H26N2O3. The Kier molecular flexibility index (Phi) is 5.66. The number of carbonyl (C=O) groups excluding carboxylic acids is 1. The number of benzene rings is 1. The summed E-state index contributed by atoms with van der Waals surface area (Å²) in [6.45, 7) is 3.64. The van der Waals surface area contributed by atoms with Crippen LogP contribution in [0.3, 0.4) is 0 Å². The van der Waals surface area contributed by atoms with E-state index in [1.165, 1.54) is 12.8 Å². The van der Waals surface area contributed by atoms with Crippen LogP contribution in [0.15, 0.2) is 24.3 Å². The summed E-state index contributed by atoms with van der Waals surface area (Å²) in [6, 6.07) is 7.08. The molecule has 1 fully saturated rings. The summed E-state index contributed by atoms with van der Waals surface area (Å²) in [6.07, 6.45) is 5.72. The van der Waals surface area contributed by atoms with Crippen LogP contribution < -0.4 is 15.4 Å². The second-order valence-corrected chi connectivity index (χ2v) is 6.20. The molecule has 0 saturated heterocycles. The van der Waals surface area contributed by atoms with Crippen LogP contribution in [0.1, 0.15) is 46.0 Å². The molecule has 0 aromatic heterocycles. The number of urea groups is 1. The van der Waals surface area contributed by atoms with Gasteiger partial charge in [-0.2, -0.15) is 0 Å². The number of hydrogen-bond acceptors (Lipinski definition) is 3. The van der Waals surface area contributed by atoms with Crippen molar-refractivity contribution >= 4 is 11.7 Å². The molecule has 1 saturated carbocycles. The molecule has 0 radical (unpaired) electrons. The first kappa shape index (κ1) is 16.6. The lowest BCUT2D eigenvalue weighted by Gasteiger charge is -2.27. The molecule has 122 valence electrons. The van der Waals surface area contributed by atoms with Crippen molar-refractivity contribution in [2.75, 3.05) is 11.9 Å². The molecule has 3 N–H and O–H groups in total. The largest absolute Gasteiger partial charge is 0.490 e. The third kappa shape index (κ3) is 4.63. The van der Waals surface area contributed by atoms with Gasteiger partial charge in [0.1, 0.15) is 5.75 Å². The second kappa shape index (κ2) is 7.49. The monoisotopic (exact) mass is 306 g/mol. The summed E-state index contributed by atoms with van der Waals surface area (Å²) in [4.78, 5) is 11.9. The van der Waals surface area contributed by atoms with E-state index >= 15 is 0 Å². The number of carbonyl (C=O) groups is 1. The predicted molar refractivity (Wildman–Crippen MR) is 87.3 cm³/mol. The first-order valence-corrected chi connectivity index (χ1v) is 8.01. The Morgan fingerprint density at radius 2 is 1.95 bits per heavy atom. The number of rotatable bonds is 6. The summed E-state index contributed by atoms with van der Waals surface area (Å²) in [5.74, 6) is 0.839. The van der Waals surface area contributed by atoms with Crippen molar-refractivity contribution in [2.45, 2.75) is 57.6 Å². The quantitative estimate of drug-likeness (QED) is 0.755. The summed E-state index contributed by atoms with van der Waals surface area (Å²) in [5.41, 5.74) is 0.1000. The minimum Gasteiger partial charge on any atom is -0.490 e. The highest BCUT2D eigenvalue weighted by Crippen LogP contribution is 2.25. The van der Waals surface area contributed by atoms with Crippen LogP contribution in [-0.2, 0) is 0 Å². The minimum atomic E-state index is -0.602. The van der Waals surface area contributed by atoms with Gasteiger partial charge < -0.3 is 20.5 Å². The summed E-state index contributed by atoms with van der Waals surface area (Å²) in [7, 11) is 0. The molecule has 1 aliphatic carbocycles. The third-order valence-corrected chi connectivity index (χ3v) is 4.26. The SMILES string of the molecule is CCC(C)(CO)NC(=O)Nc1ccc(OC2CCCC2)cc1. The van der Waals surface area contributed by atoms with Gasteiger partial charge in [0.15, 0.2) is 0 Å². The number of aliphatic hydroxyl groups excluding tert-OH is 1. The molecule has 5 nitrogen and oxygen atoms in total. The van der Waals surface area contributed by atoms with Crippen molar-refractivity contribution in [3.8, 4) is 5.75 Å². The molecule has 1 aliphatic rings. The van der Waals surface area contributed by atoms with Gasteiger partial charge in [0, 0.05) is 5.69 Å². The predicted octanol–water partition coefficient (Wildman–Crippen LogP) is 3.29. The first-order valence-electron chi connectivity index (χ1n) is 8.01. The molecule has 1 atom stereocenters. The van der Waals surface area contributed by atoms with E-state index in [2.05, 4.69) is 10.6 Å². The molecule has 22 heavy (non-hydrogen) atoms. The van der Waals surface area contributed by atoms with E-state index in [4.69, 9.17) is 4.74 Å². The average Bonchev–Trinajstić information content (AvgIpc) is 3.02. The van der Waals surface area contributed by atoms with Crippen LogP contribution in [0.2, 0.25) is 0 Å². The minimum absolute atomic E-state index is 0.0922. The van der Waals surface area contributed by atoms with Crippen LogP contribution in [0.5, 0.6) is 5.75 Å². The van der Waals surface area contributed by atoms with E-state index in [0.717, 1.165) is 18.6 Å². The van der Waals surface area contributed by atoms with E-state index in [0.29, 0.717) is 18.2 Å². The van der Waals surface area contributed by atoms with E-state index < -0.39 is 5.54 Å². The van der Waals surface area contributed by atoms with Gasteiger partial charge in [0.2, 0.25) is 0 Å². The van der Waals surface area contributed by atoms with Gasteiger partial charge in [-0.15, -0.1) is 0 Å². The summed E-state index contributed by atoms with van der Waals surface area (Å²) in [5, 5.41) is 14.9. The van der Waals surface area contributed by atoms with Gasteiger partial charge in [0.05, 0.1) is 18.2 Å². The Morgan fingerprint density at radius 3 is 2.50 bits per heavy atom. The van der Waals surface area contributed by atoms with Crippen molar-refractivity contribution in [2.24, 2.45) is 0 Å². The van der Waals surface area contributed by atoms with Crippen LogP contribution >= 0.6 is 0 Å². The third-order valence-electron chi connectivity index (χ3n) is 4.26. The molecule has 0 heterocycles. The van der Waals surface area contributed by atoms with E-state index in [1.54, 1.807) is 0 Å². The zero-order valence-electron chi connectivity index (χ0n) is 13.4. The molecule has 5 heteroatoms. The van der Waals surface area contributed by atoms with Gasteiger partial charge in [-0.3, -0.25) is 0 Å². The van der Waals surface area contributed by atoms with Crippen molar-refractivity contribution < 1.29 is 14.6 Å². The topological polar surface area (TPSA) is 70.6 Å². The number of nitrogens with one attached hydrogen (secondary N) is 2. The lowest BCUT2D eigenvalue weighted by Crippen LogP contribution is -2.50. The molecule has 1 unspecified atom stereocenters. The highest BCUT2D eigenvalue weighted by atomic mass is 16.5. The van der Waals surface area contributed by atoms with Gasteiger partial charge >= 0.3 is 6.03 Å². The van der Waals surface area contributed by atoms with E-state index in [-0.39, 0.29) is 12.6 Å². The zero-order chi connectivity index (χ0) is 16.0. The number of hydrogen-bond donors (Lipinski definition) is 3. The van der Waals surface area contributed by atoms with Gasteiger partial charge in [-0.25, -0.2) is 4.79 Å². The van der Waals surface area contributed by atoms with Crippen LogP contribution in [0, 0.1) is 0 Å².